The van der Waals surface area contributed by atoms with Crippen molar-refractivity contribution in [2.75, 3.05) is 26.2 Å². The lowest BCUT2D eigenvalue weighted by Crippen LogP contribution is -2.35. The van der Waals surface area contributed by atoms with E-state index in [2.05, 4.69) is 9.88 Å². The van der Waals surface area contributed by atoms with Gasteiger partial charge in [0.05, 0.1) is 10.6 Å². The summed E-state index contributed by atoms with van der Waals surface area (Å²) < 4.78 is 0. The third-order valence-electron chi connectivity index (χ3n) is 4.36. The lowest BCUT2D eigenvalue weighted by Gasteiger charge is -2.22. The highest BCUT2D eigenvalue weighted by molar-refractivity contribution is 7.09. The Morgan fingerprint density at radius 3 is 2.72 bits per heavy atom. The molecule has 2 aromatic rings. The van der Waals surface area contributed by atoms with Gasteiger partial charge in [-0.05, 0) is 25.0 Å². The maximum Gasteiger partial charge on any atom is 0.336 e. The van der Waals surface area contributed by atoms with Crippen LogP contribution in [-0.2, 0) is 6.54 Å². The summed E-state index contributed by atoms with van der Waals surface area (Å²) in [6.07, 6.45) is 0.865. The highest BCUT2D eigenvalue weighted by atomic mass is 32.1. The molecule has 0 atom stereocenters. The van der Waals surface area contributed by atoms with Crippen LogP contribution in [0.2, 0.25) is 0 Å². The normalized spacial score (nSPS) is 15.8. The molecule has 1 N–H and O–H groups in total. The second kappa shape index (κ2) is 7.76. The Kier molecular flexibility index (Phi) is 5.45. The maximum atomic E-state index is 12.5. The molecule has 6 nitrogen and oxygen atoms in total. The van der Waals surface area contributed by atoms with Crippen LogP contribution in [0, 0.1) is 6.92 Å². The predicted octanol–water partition coefficient (Wildman–Crippen LogP) is 2.50. The average molecular weight is 359 g/mol. The number of nitrogens with zero attached hydrogens (tertiary/aromatic N) is 3. The highest BCUT2D eigenvalue weighted by Gasteiger charge is 2.22. The summed E-state index contributed by atoms with van der Waals surface area (Å²) in [5.74, 6) is -0.918. The van der Waals surface area contributed by atoms with Gasteiger partial charge in [-0.15, -0.1) is 11.3 Å². The molecular formula is C18H21N3O3S. The molecule has 2 heterocycles. The summed E-state index contributed by atoms with van der Waals surface area (Å²) in [6, 6.07) is 7.09. The van der Waals surface area contributed by atoms with Crippen molar-refractivity contribution in [3.05, 3.63) is 51.5 Å². The summed E-state index contributed by atoms with van der Waals surface area (Å²) in [6.45, 7) is 5.37. The molecule has 1 saturated heterocycles. The number of carboxylic acids is 1. The number of carbonyl (C=O) groups is 2. The molecular weight excluding hydrogens is 338 g/mol. The van der Waals surface area contributed by atoms with E-state index < -0.39 is 5.97 Å². The second-order valence-corrected chi connectivity index (χ2v) is 7.20. The largest absolute Gasteiger partial charge is 0.478 e. The number of hydrogen-bond donors (Lipinski definition) is 1. The zero-order chi connectivity index (χ0) is 17.8. The number of carboxylic acid groups (broad SMARTS) is 1. The SMILES string of the molecule is Cc1nc(C(=O)N2CCCN(Cc3ccccc3C(=O)O)CC2)cs1. The zero-order valence-corrected chi connectivity index (χ0v) is 15.0. The summed E-state index contributed by atoms with van der Waals surface area (Å²) >= 11 is 1.48. The second-order valence-electron chi connectivity index (χ2n) is 6.14. The molecule has 1 amide bonds. The monoisotopic (exact) mass is 359 g/mol. The Morgan fingerprint density at radius 2 is 2.00 bits per heavy atom. The van der Waals surface area contributed by atoms with Gasteiger partial charge in [-0.1, -0.05) is 18.2 Å². The number of benzene rings is 1. The molecule has 0 radical (unpaired) electrons. The standard InChI is InChI=1S/C18H21N3O3S/c1-13-19-16(12-25-13)17(22)21-8-4-7-20(9-10-21)11-14-5-2-3-6-15(14)18(23)24/h2-3,5-6,12H,4,7-11H2,1H3,(H,23,24). The van der Waals surface area contributed by atoms with Crippen molar-refractivity contribution in [2.24, 2.45) is 0 Å². The fourth-order valence-corrected chi connectivity index (χ4v) is 3.65. The van der Waals surface area contributed by atoms with Gasteiger partial charge in [0.15, 0.2) is 0 Å². The van der Waals surface area contributed by atoms with Crippen LogP contribution >= 0.6 is 11.3 Å². The van der Waals surface area contributed by atoms with Crippen molar-refractivity contribution in [3.63, 3.8) is 0 Å². The fourth-order valence-electron chi connectivity index (χ4n) is 3.06. The van der Waals surface area contributed by atoms with Gasteiger partial charge < -0.3 is 10.0 Å². The zero-order valence-electron chi connectivity index (χ0n) is 14.1. The van der Waals surface area contributed by atoms with Crippen molar-refractivity contribution >= 4 is 23.2 Å². The van der Waals surface area contributed by atoms with Crippen molar-refractivity contribution < 1.29 is 14.7 Å². The van der Waals surface area contributed by atoms with Gasteiger partial charge >= 0.3 is 5.97 Å². The molecule has 3 rings (SSSR count). The number of carbonyl (C=O) groups excluding carboxylic acids is 1. The van der Waals surface area contributed by atoms with Crippen LogP contribution in [0.25, 0.3) is 0 Å². The average Bonchev–Trinajstić information content (AvgIpc) is 2.90. The molecule has 132 valence electrons. The lowest BCUT2D eigenvalue weighted by atomic mass is 10.1. The first kappa shape index (κ1) is 17.6. The third-order valence-corrected chi connectivity index (χ3v) is 5.13. The first-order valence-electron chi connectivity index (χ1n) is 8.29. The Labute approximate surface area is 150 Å². The molecule has 7 heteroatoms. The summed E-state index contributed by atoms with van der Waals surface area (Å²) in [5.41, 5.74) is 1.68. The molecule has 0 bridgehead atoms. The molecule has 1 fully saturated rings. The first-order valence-corrected chi connectivity index (χ1v) is 9.17. The minimum Gasteiger partial charge on any atom is -0.478 e. The molecule has 0 aliphatic carbocycles. The molecule has 25 heavy (non-hydrogen) atoms. The molecule has 1 aromatic heterocycles. The number of aryl methyl sites for hydroxylation is 1. The van der Waals surface area contributed by atoms with Crippen LogP contribution in [-0.4, -0.2) is 57.9 Å². The van der Waals surface area contributed by atoms with Gasteiger partial charge in [0, 0.05) is 38.1 Å². The molecule has 1 aliphatic rings. The van der Waals surface area contributed by atoms with E-state index in [1.807, 2.05) is 29.3 Å². The van der Waals surface area contributed by atoms with E-state index >= 15 is 0 Å². The lowest BCUT2D eigenvalue weighted by molar-refractivity contribution is 0.0694. The third kappa shape index (κ3) is 4.24. The Balaban J connectivity index is 1.64. The summed E-state index contributed by atoms with van der Waals surface area (Å²) in [7, 11) is 0. The number of aromatic carboxylic acids is 1. The molecule has 1 aromatic carbocycles. The summed E-state index contributed by atoms with van der Waals surface area (Å²) in [4.78, 5) is 32.2. The first-order chi connectivity index (χ1) is 12.0. The van der Waals surface area contributed by atoms with E-state index in [1.165, 1.54) is 11.3 Å². The van der Waals surface area contributed by atoms with E-state index in [-0.39, 0.29) is 5.91 Å². The van der Waals surface area contributed by atoms with Gasteiger partial charge in [0.1, 0.15) is 5.69 Å². The minimum atomic E-state index is -0.902. The van der Waals surface area contributed by atoms with Crippen LogP contribution in [0.3, 0.4) is 0 Å². The number of aromatic nitrogens is 1. The Bertz CT molecular complexity index is 774. The highest BCUT2D eigenvalue weighted by Crippen LogP contribution is 2.16. The van der Waals surface area contributed by atoms with Crippen LogP contribution < -0.4 is 0 Å². The van der Waals surface area contributed by atoms with E-state index in [1.54, 1.807) is 12.1 Å². The molecule has 0 unspecified atom stereocenters. The van der Waals surface area contributed by atoms with Crippen molar-refractivity contribution in [1.29, 1.82) is 0 Å². The summed E-state index contributed by atoms with van der Waals surface area (Å²) in [5, 5.41) is 12.0. The van der Waals surface area contributed by atoms with Gasteiger partial charge in [-0.25, -0.2) is 9.78 Å². The number of thiazole rings is 1. The van der Waals surface area contributed by atoms with Crippen LogP contribution in [0.1, 0.15) is 37.8 Å². The van der Waals surface area contributed by atoms with Crippen molar-refractivity contribution in [1.82, 2.24) is 14.8 Å². The topological polar surface area (TPSA) is 73.7 Å². The predicted molar refractivity (Wildman–Crippen MR) is 96.0 cm³/mol. The van der Waals surface area contributed by atoms with Gasteiger partial charge in [-0.2, -0.15) is 0 Å². The molecule has 0 spiro atoms. The van der Waals surface area contributed by atoms with Crippen LogP contribution in [0.4, 0.5) is 0 Å². The van der Waals surface area contributed by atoms with E-state index in [0.717, 1.165) is 30.1 Å². The van der Waals surface area contributed by atoms with E-state index in [9.17, 15) is 14.7 Å². The van der Waals surface area contributed by atoms with E-state index in [4.69, 9.17) is 0 Å². The van der Waals surface area contributed by atoms with Gasteiger partial charge in [0.25, 0.3) is 5.91 Å². The minimum absolute atomic E-state index is 0.0165. The van der Waals surface area contributed by atoms with Crippen molar-refractivity contribution in [3.8, 4) is 0 Å². The van der Waals surface area contributed by atoms with Gasteiger partial charge in [0.2, 0.25) is 0 Å². The number of rotatable bonds is 4. The van der Waals surface area contributed by atoms with Crippen LogP contribution in [0.15, 0.2) is 29.6 Å². The number of hydrogen-bond acceptors (Lipinski definition) is 5. The fraction of sp³-hybridized carbons (Fsp3) is 0.389. The Morgan fingerprint density at radius 1 is 1.20 bits per heavy atom. The van der Waals surface area contributed by atoms with Crippen LogP contribution in [0.5, 0.6) is 0 Å². The van der Waals surface area contributed by atoms with Gasteiger partial charge in [-0.3, -0.25) is 9.69 Å². The van der Waals surface area contributed by atoms with Crippen molar-refractivity contribution in [2.45, 2.75) is 19.9 Å². The molecule has 1 aliphatic heterocycles. The smallest absolute Gasteiger partial charge is 0.336 e. The maximum absolute atomic E-state index is 12.5. The Hall–Kier alpha value is -2.25. The molecule has 0 saturated carbocycles. The van der Waals surface area contributed by atoms with E-state index in [0.29, 0.717) is 30.9 Å². The number of amides is 1. The quantitative estimate of drug-likeness (QED) is 0.908.